The first-order valence-electron chi connectivity index (χ1n) is 3.70. The highest BCUT2D eigenvalue weighted by Gasteiger charge is 2.05. The van der Waals surface area contributed by atoms with E-state index in [-0.39, 0.29) is 5.28 Å². The second-order valence-corrected chi connectivity index (χ2v) is 2.98. The molecular weight excluding hydrogens is 176 g/mol. The molecule has 1 atom stereocenters. The molecule has 1 rings (SSSR count). The summed E-state index contributed by atoms with van der Waals surface area (Å²) in [4.78, 5) is 7.76. The van der Waals surface area contributed by atoms with Gasteiger partial charge in [0.05, 0.1) is 6.61 Å². The Labute approximate surface area is 76.7 Å². The molecule has 66 valence electrons. The van der Waals surface area contributed by atoms with Crippen LogP contribution < -0.4 is 0 Å². The van der Waals surface area contributed by atoms with Gasteiger partial charge in [-0.2, -0.15) is 0 Å². The summed E-state index contributed by atoms with van der Waals surface area (Å²) >= 11 is 5.54. The van der Waals surface area contributed by atoms with Gasteiger partial charge in [0.2, 0.25) is 5.28 Å². The Kier molecular flexibility index (Phi) is 3.44. The van der Waals surface area contributed by atoms with Crippen LogP contribution in [0.1, 0.15) is 18.4 Å². The van der Waals surface area contributed by atoms with Gasteiger partial charge < -0.3 is 4.74 Å². The molecule has 1 aromatic heterocycles. The first-order valence-corrected chi connectivity index (χ1v) is 4.08. The molecule has 1 heterocycles. The highest BCUT2D eigenvalue weighted by molar-refractivity contribution is 6.28. The number of hydrogen-bond donors (Lipinski definition) is 0. The SMILES string of the molecule is COCC(C)c1cnc(Cl)nc1. The quantitative estimate of drug-likeness (QED) is 0.677. The Bertz CT molecular complexity index is 237. The van der Waals surface area contributed by atoms with Crippen molar-refractivity contribution < 1.29 is 4.74 Å². The van der Waals surface area contributed by atoms with E-state index in [1.165, 1.54) is 0 Å². The maximum atomic E-state index is 5.54. The van der Waals surface area contributed by atoms with Gasteiger partial charge in [0.15, 0.2) is 0 Å². The second-order valence-electron chi connectivity index (χ2n) is 2.64. The van der Waals surface area contributed by atoms with Crippen molar-refractivity contribution in [3.05, 3.63) is 23.2 Å². The summed E-state index contributed by atoms with van der Waals surface area (Å²) in [7, 11) is 1.67. The van der Waals surface area contributed by atoms with Crippen molar-refractivity contribution >= 4 is 11.6 Å². The number of aromatic nitrogens is 2. The smallest absolute Gasteiger partial charge is 0.222 e. The molecule has 1 unspecified atom stereocenters. The van der Waals surface area contributed by atoms with E-state index in [1.807, 2.05) is 0 Å². The number of ether oxygens (including phenoxy) is 1. The first kappa shape index (κ1) is 9.42. The van der Waals surface area contributed by atoms with Gasteiger partial charge in [-0.25, -0.2) is 9.97 Å². The van der Waals surface area contributed by atoms with Gasteiger partial charge in [-0.15, -0.1) is 0 Å². The van der Waals surface area contributed by atoms with Gasteiger partial charge in [-0.3, -0.25) is 0 Å². The van der Waals surface area contributed by atoms with Crippen molar-refractivity contribution in [1.82, 2.24) is 9.97 Å². The molecule has 3 nitrogen and oxygen atoms in total. The lowest BCUT2D eigenvalue weighted by Gasteiger charge is -2.08. The summed E-state index contributed by atoms with van der Waals surface area (Å²) in [5, 5.41) is 0.281. The van der Waals surface area contributed by atoms with Crippen molar-refractivity contribution in [2.24, 2.45) is 0 Å². The maximum Gasteiger partial charge on any atom is 0.222 e. The van der Waals surface area contributed by atoms with Crippen LogP contribution in [0.5, 0.6) is 0 Å². The molecule has 0 aliphatic rings. The Hall–Kier alpha value is -0.670. The fourth-order valence-electron chi connectivity index (χ4n) is 0.923. The number of hydrogen-bond acceptors (Lipinski definition) is 3. The third kappa shape index (κ3) is 2.43. The second kappa shape index (κ2) is 4.38. The van der Waals surface area contributed by atoms with Gasteiger partial charge in [-0.1, -0.05) is 6.92 Å². The van der Waals surface area contributed by atoms with Crippen molar-refractivity contribution in [2.45, 2.75) is 12.8 Å². The number of methoxy groups -OCH3 is 1. The monoisotopic (exact) mass is 186 g/mol. The summed E-state index contributed by atoms with van der Waals surface area (Å²) in [6.45, 7) is 2.72. The molecule has 0 radical (unpaired) electrons. The Balaban J connectivity index is 2.68. The number of rotatable bonds is 3. The van der Waals surface area contributed by atoms with Gasteiger partial charge >= 0.3 is 0 Å². The van der Waals surface area contributed by atoms with E-state index in [1.54, 1.807) is 19.5 Å². The van der Waals surface area contributed by atoms with Crippen LogP contribution in [-0.2, 0) is 4.74 Å². The van der Waals surface area contributed by atoms with Crippen molar-refractivity contribution in [3.8, 4) is 0 Å². The molecule has 0 aliphatic heterocycles. The lowest BCUT2D eigenvalue weighted by molar-refractivity contribution is 0.184. The van der Waals surface area contributed by atoms with E-state index in [4.69, 9.17) is 16.3 Å². The Morgan fingerprint density at radius 3 is 2.58 bits per heavy atom. The third-order valence-corrected chi connectivity index (χ3v) is 1.82. The normalized spacial score (nSPS) is 12.9. The lowest BCUT2D eigenvalue weighted by Crippen LogP contribution is -2.02. The molecule has 0 saturated heterocycles. The third-order valence-electron chi connectivity index (χ3n) is 1.63. The van der Waals surface area contributed by atoms with E-state index in [0.29, 0.717) is 12.5 Å². The van der Waals surface area contributed by atoms with E-state index in [0.717, 1.165) is 5.56 Å². The highest BCUT2D eigenvalue weighted by Crippen LogP contribution is 2.13. The standard InChI is InChI=1S/C8H11ClN2O/c1-6(5-12-2)7-3-10-8(9)11-4-7/h3-4,6H,5H2,1-2H3. The lowest BCUT2D eigenvalue weighted by atomic mass is 10.1. The predicted octanol–water partition coefficient (Wildman–Crippen LogP) is 1.88. The van der Waals surface area contributed by atoms with Crippen LogP contribution in [-0.4, -0.2) is 23.7 Å². The van der Waals surface area contributed by atoms with Crippen LogP contribution in [0.3, 0.4) is 0 Å². The van der Waals surface area contributed by atoms with E-state index in [9.17, 15) is 0 Å². The molecule has 1 aromatic rings. The summed E-state index contributed by atoms with van der Waals surface area (Å²) in [5.74, 6) is 0.312. The number of halogens is 1. The zero-order valence-corrected chi connectivity index (χ0v) is 7.88. The minimum absolute atomic E-state index is 0.281. The molecule has 4 heteroatoms. The van der Waals surface area contributed by atoms with Crippen molar-refractivity contribution in [2.75, 3.05) is 13.7 Å². The summed E-state index contributed by atoms with van der Waals surface area (Å²) < 4.78 is 5.00. The van der Waals surface area contributed by atoms with Crippen molar-refractivity contribution in [1.29, 1.82) is 0 Å². The molecule has 0 aromatic carbocycles. The molecule has 0 N–H and O–H groups in total. The minimum atomic E-state index is 0.281. The topological polar surface area (TPSA) is 35.0 Å². The van der Waals surface area contributed by atoms with E-state index < -0.39 is 0 Å². The molecule has 0 aliphatic carbocycles. The van der Waals surface area contributed by atoms with Crippen LogP contribution >= 0.6 is 11.6 Å². The average molecular weight is 187 g/mol. The van der Waals surface area contributed by atoms with Crippen LogP contribution in [0, 0.1) is 0 Å². The molecule has 0 amide bonds. The van der Waals surface area contributed by atoms with Gasteiger partial charge in [0.1, 0.15) is 0 Å². The van der Waals surface area contributed by atoms with Crippen molar-refractivity contribution in [3.63, 3.8) is 0 Å². The summed E-state index contributed by atoms with van der Waals surface area (Å²) in [6, 6.07) is 0. The molecule has 12 heavy (non-hydrogen) atoms. The first-order chi connectivity index (χ1) is 5.74. The Morgan fingerprint density at radius 2 is 2.08 bits per heavy atom. The van der Waals surface area contributed by atoms with Crippen LogP contribution in [0.2, 0.25) is 5.28 Å². The van der Waals surface area contributed by atoms with Gasteiger partial charge in [0, 0.05) is 25.4 Å². The van der Waals surface area contributed by atoms with Crippen LogP contribution in [0.4, 0.5) is 0 Å². The predicted molar refractivity (Wildman–Crippen MR) is 47.3 cm³/mol. The van der Waals surface area contributed by atoms with E-state index >= 15 is 0 Å². The largest absolute Gasteiger partial charge is 0.384 e. The molecular formula is C8H11ClN2O. The Morgan fingerprint density at radius 1 is 1.50 bits per heavy atom. The summed E-state index contributed by atoms with van der Waals surface area (Å²) in [6.07, 6.45) is 3.44. The zero-order valence-electron chi connectivity index (χ0n) is 7.12. The molecule has 0 spiro atoms. The molecule has 0 saturated carbocycles. The fraction of sp³-hybridized carbons (Fsp3) is 0.500. The molecule has 0 fully saturated rings. The van der Waals surface area contributed by atoms with Crippen LogP contribution in [0.15, 0.2) is 12.4 Å². The fourth-order valence-corrected chi connectivity index (χ4v) is 1.02. The maximum absolute atomic E-state index is 5.54. The average Bonchev–Trinajstić information content (AvgIpc) is 2.06. The van der Waals surface area contributed by atoms with Crippen LogP contribution in [0.25, 0.3) is 0 Å². The molecule has 0 bridgehead atoms. The minimum Gasteiger partial charge on any atom is -0.384 e. The summed E-state index contributed by atoms with van der Waals surface area (Å²) in [5.41, 5.74) is 1.04. The zero-order chi connectivity index (χ0) is 8.97. The number of nitrogens with zero attached hydrogens (tertiary/aromatic N) is 2. The van der Waals surface area contributed by atoms with E-state index in [2.05, 4.69) is 16.9 Å². The van der Waals surface area contributed by atoms with Gasteiger partial charge in [-0.05, 0) is 17.2 Å². The van der Waals surface area contributed by atoms with Gasteiger partial charge in [0.25, 0.3) is 0 Å². The highest BCUT2D eigenvalue weighted by atomic mass is 35.5.